The number of carbonyl (C=O) groups is 1. The molecule has 0 aliphatic rings. The third kappa shape index (κ3) is 4.38. The molecule has 0 bridgehead atoms. The Morgan fingerprint density at radius 2 is 1.87 bits per heavy atom. The summed E-state index contributed by atoms with van der Waals surface area (Å²) in [6.45, 7) is 4.65. The van der Waals surface area contributed by atoms with E-state index in [4.69, 9.17) is 27.9 Å². The van der Waals surface area contributed by atoms with E-state index in [9.17, 15) is 4.79 Å². The first-order chi connectivity index (χ1) is 15.0. The Balaban J connectivity index is 1.48. The van der Waals surface area contributed by atoms with Crippen molar-refractivity contribution >= 4 is 57.1 Å². The van der Waals surface area contributed by atoms with E-state index in [1.54, 1.807) is 31.3 Å². The summed E-state index contributed by atoms with van der Waals surface area (Å²) in [6, 6.07) is 19.3. The molecular weight excluding hydrogens is 433 g/mol. The number of aryl methyl sites for hydroxylation is 1. The molecule has 0 saturated carbocycles. The molecule has 0 saturated heterocycles. The van der Waals surface area contributed by atoms with Gasteiger partial charge in [0.25, 0.3) is 5.91 Å². The summed E-state index contributed by atoms with van der Waals surface area (Å²) >= 11 is 12.0. The minimum atomic E-state index is -0.777. The predicted octanol–water partition coefficient (Wildman–Crippen LogP) is 6.04. The molecule has 1 N–H and O–H groups in total. The summed E-state index contributed by atoms with van der Waals surface area (Å²) in [6.07, 6.45) is 0.845. The second kappa shape index (κ2) is 9.00. The third-order valence-electron chi connectivity index (χ3n) is 5.07. The zero-order chi connectivity index (χ0) is 22.0. The molecule has 4 rings (SSSR count). The third-order valence-corrected chi connectivity index (χ3v) is 5.60. The van der Waals surface area contributed by atoms with E-state index in [0.29, 0.717) is 15.8 Å². The summed E-state index contributed by atoms with van der Waals surface area (Å²) in [4.78, 5) is 12.3. The molecule has 4 aromatic rings. The highest BCUT2D eigenvalue weighted by atomic mass is 35.5. The summed E-state index contributed by atoms with van der Waals surface area (Å²) in [5.41, 5.74) is 5.78. The number of hydrogen-bond donors (Lipinski definition) is 1. The number of carbonyl (C=O) groups excluding carboxylic acids is 1. The zero-order valence-corrected chi connectivity index (χ0v) is 18.6. The van der Waals surface area contributed by atoms with Crippen LogP contribution in [0.4, 0.5) is 0 Å². The van der Waals surface area contributed by atoms with E-state index in [0.717, 1.165) is 17.5 Å². The smallest absolute Gasteiger partial charge is 0.280 e. The quantitative estimate of drug-likeness (QED) is 0.285. The molecule has 7 heteroatoms. The van der Waals surface area contributed by atoms with Gasteiger partial charge in [-0.1, -0.05) is 47.5 Å². The molecule has 1 heterocycles. The van der Waals surface area contributed by atoms with Gasteiger partial charge in [-0.25, -0.2) is 5.43 Å². The summed E-state index contributed by atoms with van der Waals surface area (Å²) in [5, 5.41) is 7.28. The lowest BCUT2D eigenvalue weighted by atomic mass is 10.1. The first-order valence-corrected chi connectivity index (χ1v) is 10.7. The fourth-order valence-electron chi connectivity index (χ4n) is 3.57. The average Bonchev–Trinajstić information content (AvgIpc) is 3.08. The van der Waals surface area contributed by atoms with E-state index in [1.807, 2.05) is 18.2 Å². The van der Waals surface area contributed by atoms with Gasteiger partial charge < -0.3 is 9.30 Å². The molecular formula is C24H21Cl2N3O2. The average molecular weight is 454 g/mol. The van der Waals surface area contributed by atoms with E-state index < -0.39 is 6.10 Å². The first kappa shape index (κ1) is 21.2. The number of benzene rings is 3. The highest BCUT2D eigenvalue weighted by molar-refractivity contribution is 6.35. The van der Waals surface area contributed by atoms with Gasteiger partial charge in [0.1, 0.15) is 5.75 Å². The number of hydrazone groups is 1. The molecule has 158 valence electrons. The Morgan fingerprint density at radius 3 is 2.65 bits per heavy atom. The maximum atomic E-state index is 12.3. The number of para-hydroxylation sites is 1. The monoisotopic (exact) mass is 453 g/mol. The van der Waals surface area contributed by atoms with Crippen molar-refractivity contribution in [3.8, 4) is 5.75 Å². The van der Waals surface area contributed by atoms with Crippen molar-refractivity contribution in [1.82, 2.24) is 9.99 Å². The first-order valence-electron chi connectivity index (χ1n) is 9.93. The molecule has 0 radical (unpaired) electrons. The van der Waals surface area contributed by atoms with Crippen molar-refractivity contribution in [3.63, 3.8) is 0 Å². The SMILES string of the molecule is CCn1c2ccccc2c2cc(/C=N/NC(=O)C(C)Oc3ccc(Cl)cc3Cl)ccc21. The molecule has 0 aliphatic carbocycles. The van der Waals surface area contributed by atoms with Crippen LogP contribution in [0, 0.1) is 0 Å². The lowest BCUT2D eigenvalue weighted by Crippen LogP contribution is -2.33. The minimum absolute atomic E-state index is 0.343. The summed E-state index contributed by atoms with van der Waals surface area (Å²) < 4.78 is 7.89. The molecule has 5 nitrogen and oxygen atoms in total. The molecule has 0 spiro atoms. The van der Waals surface area contributed by atoms with Crippen LogP contribution in [-0.4, -0.2) is 22.8 Å². The predicted molar refractivity (Wildman–Crippen MR) is 127 cm³/mol. The van der Waals surface area contributed by atoms with Gasteiger partial charge in [0.15, 0.2) is 6.10 Å². The van der Waals surface area contributed by atoms with Gasteiger partial charge in [-0.15, -0.1) is 0 Å². The van der Waals surface area contributed by atoms with Crippen LogP contribution in [-0.2, 0) is 11.3 Å². The van der Waals surface area contributed by atoms with Gasteiger partial charge >= 0.3 is 0 Å². The van der Waals surface area contributed by atoms with Gasteiger partial charge in [-0.2, -0.15) is 5.10 Å². The molecule has 0 fully saturated rings. The maximum Gasteiger partial charge on any atom is 0.280 e. The van der Waals surface area contributed by atoms with Gasteiger partial charge in [-0.3, -0.25) is 4.79 Å². The van der Waals surface area contributed by atoms with Crippen LogP contribution >= 0.6 is 23.2 Å². The second-order valence-electron chi connectivity index (χ2n) is 7.11. The number of hydrogen-bond acceptors (Lipinski definition) is 3. The number of nitrogens with zero attached hydrogens (tertiary/aromatic N) is 2. The highest BCUT2D eigenvalue weighted by Gasteiger charge is 2.16. The Bertz CT molecular complexity index is 1300. The number of nitrogens with one attached hydrogen (secondary N) is 1. The topological polar surface area (TPSA) is 55.6 Å². The van der Waals surface area contributed by atoms with Gasteiger partial charge in [0.2, 0.25) is 0 Å². The molecule has 1 amide bonds. The normalized spacial score (nSPS) is 12.5. The van der Waals surface area contributed by atoms with E-state index >= 15 is 0 Å². The molecule has 1 aromatic heterocycles. The number of fused-ring (bicyclic) bond motifs is 3. The van der Waals surface area contributed by atoms with E-state index in [1.165, 1.54) is 16.4 Å². The molecule has 1 unspecified atom stereocenters. The van der Waals surface area contributed by atoms with Crippen molar-refractivity contribution in [3.05, 3.63) is 76.3 Å². The van der Waals surface area contributed by atoms with Crippen molar-refractivity contribution in [2.45, 2.75) is 26.5 Å². The van der Waals surface area contributed by atoms with Crippen molar-refractivity contribution in [2.24, 2.45) is 5.10 Å². The standard InChI is InChI=1S/C24H21Cl2N3O2/c1-3-29-21-7-5-4-6-18(21)19-12-16(8-10-22(19)29)14-27-28-24(30)15(2)31-23-11-9-17(25)13-20(23)26/h4-15H,3H2,1-2H3,(H,28,30)/b27-14+. The molecule has 1 atom stereocenters. The molecule has 0 aliphatic heterocycles. The summed E-state index contributed by atoms with van der Waals surface area (Å²) in [5.74, 6) is 0.00129. The number of rotatable bonds is 6. The molecule has 3 aromatic carbocycles. The number of ether oxygens (including phenoxy) is 1. The van der Waals surface area contributed by atoms with Gasteiger partial charge in [0, 0.05) is 33.4 Å². The largest absolute Gasteiger partial charge is 0.479 e. The number of amides is 1. The Hall–Kier alpha value is -3.02. The van der Waals surface area contributed by atoms with Crippen LogP contribution in [0.1, 0.15) is 19.4 Å². The second-order valence-corrected chi connectivity index (χ2v) is 7.95. The van der Waals surface area contributed by atoms with Crippen molar-refractivity contribution in [2.75, 3.05) is 0 Å². The Kier molecular flexibility index (Phi) is 6.16. The van der Waals surface area contributed by atoms with E-state index in [-0.39, 0.29) is 5.91 Å². The fraction of sp³-hybridized carbons (Fsp3) is 0.167. The van der Waals surface area contributed by atoms with Crippen LogP contribution in [0.5, 0.6) is 5.75 Å². The Morgan fingerprint density at radius 1 is 1.10 bits per heavy atom. The highest BCUT2D eigenvalue weighted by Crippen LogP contribution is 2.30. The van der Waals surface area contributed by atoms with E-state index in [2.05, 4.69) is 46.3 Å². The maximum absolute atomic E-state index is 12.3. The lowest BCUT2D eigenvalue weighted by molar-refractivity contribution is -0.127. The minimum Gasteiger partial charge on any atom is -0.479 e. The van der Waals surface area contributed by atoms with Crippen LogP contribution in [0.2, 0.25) is 10.0 Å². The lowest BCUT2D eigenvalue weighted by Gasteiger charge is -2.14. The Labute approximate surface area is 190 Å². The molecule has 31 heavy (non-hydrogen) atoms. The van der Waals surface area contributed by atoms with Gasteiger partial charge in [0.05, 0.1) is 11.2 Å². The number of aromatic nitrogens is 1. The zero-order valence-electron chi connectivity index (χ0n) is 17.1. The number of halogens is 2. The fourth-order valence-corrected chi connectivity index (χ4v) is 4.02. The van der Waals surface area contributed by atoms with Crippen LogP contribution in [0.25, 0.3) is 21.8 Å². The van der Waals surface area contributed by atoms with Crippen LogP contribution < -0.4 is 10.2 Å². The van der Waals surface area contributed by atoms with Gasteiger partial charge in [-0.05, 0) is 55.8 Å². The van der Waals surface area contributed by atoms with Crippen LogP contribution in [0.3, 0.4) is 0 Å². The summed E-state index contributed by atoms with van der Waals surface area (Å²) in [7, 11) is 0. The van der Waals surface area contributed by atoms with Crippen LogP contribution in [0.15, 0.2) is 65.8 Å². The van der Waals surface area contributed by atoms with Crippen molar-refractivity contribution < 1.29 is 9.53 Å². The van der Waals surface area contributed by atoms with Crippen molar-refractivity contribution in [1.29, 1.82) is 0 Å².